The van der Waals surface area contributed by atoms with Gasteiger partial charge in [0.2, 0.25) is 0 Å². The predicted molar refractivity (Wildman–Crippen MR) is 72.3 cm³/mol. The Bertz CT molecular complexity index is 554. The molecule has 0 saturated carbocycles. The number of aliphatic hydroxyl groups excluding tert-OH is 1. The van der Waals surface area contributed by atoms with Crippen LogP contribution in [0.5, 0.6) is 0 Å². The van der Waals surface area contributed by atoms with E-state index in [0.29, 0.717) is 12.8 Å². The van der Waals surface area contributed by atoms with E-state index in [9.17, 15) is 17.9 Å². The molecule has 19 heavy (non-hydrogen) atoms. The second-order valence-corrected chi connectivity index (χ2v) is 7.58. The van der Waals surface area contributed by atoms with Gasteiger partial charge in [-0.3, -0.25) is 0 Å². The summed E-state index contributed by atoms with van der Waals surface area (Å²) in [4.78, 5) is 0. The Balaban J connectivity index is 2.14. The molecule has 1 N–H and O–H groups in total. The van der Waals surface area contributed by atoms with Gasteiger partial charge in [-0.1, -0.05) is 12.5 Å². The fourth-order valence-electron chi connectivity index (χ4n) is 2.66. The fraction of sp³-hybridized carbons (Fsp3) is 0.571. The highest BCUT2D eigenvalue weighted by atomic mass is 32.2. The van der Waals surface area contributed by atoms with Crippen molar-refractivity contribution < 1.29 is 17.9 Å². The summed E-state index contributed by atoms with van der Waals surface area (Å²) in [7, 11) is -3.19. The highest BCUT2D eigenvalue weighted by Gasteiger charge is 2.34. The van der Waals surface area contributed by atoms with E-state index in [1.54, 1.807) is 13.0 Å². The van der Waals surface area contributed by atoms with E-state index in [1.165, 1.54) is 12.1 Å². The molecular formula is C14H19FO3S. The molecule has 1 aliphatic heterocycles. The molecule has 0 radical (unpaired) electrons. The highest BCUT2D eigenvalue weighted by Crippen LogP contribution is 2.25. The molecule has 1 saturated heterocycles. The molecule has 2 atom stereocenters. The summed E-state index contributed by atoms with van der Waals surface area (Å²) in [6.45, 7) is 1.76. The number of aryl methyl sites for hydroxylation is 1. The third-order valence-corrected chi connectivity index (χ3v) is 6.12. The maximum atomic E-state index is 13.0. The molecule has 3 nitrogen and oxygen atoms in total. The van der Waals surface area contributed by atoms with Crippen LogP contribution in [0.4, 0.5) is 4.39 Å². The third-order valence-electron chi connectivity index (χ3n) is 3.79. The van der Waals surface area contributed by atoms with Crippen molar-refractivity contribution in [1.82, 2.24) is 0 Å². The molecule has 0 bridgehead atoms. The summed E-state index contributed by atoms with van der Waals surface area (Å²) < 4.78 is 36.9. The topological polar surface area (TPSA) is 54.4 Å². The molecule has 0 spiro atoms. The van der Waals surface area contributed by atoms with Crippen LogP contribution in [0.1, 0.15) is 30.4 Å². The van der Waals surface area contributed by atoms with Crippen LogP contribution >= 0.6 is 0 Å². The Hall–Kier alpha value is -0.940. The van der Waals surface area contributed by atoms with Crippen LogP contribution in [0, 0.1) is 12.7 Å². The molecule has 2 unspecified atom stereocenters. The zero-order valence-electron chi connectivity index (χ0n) is 11.0. The van der Waals surface area contributed by atoms with Gasteiger partial charge in [0.1, 0.15) is 5.82 Å². The van der Waals surface area contributed by atoms with Crippen molar-refractivity contribution in [2.75, 3.05) is 5.75 Å². The van der Waals surface area contributed by atoms with Crippen LogP contribution in [0.2, 0.25) is 0 Å². The summed E-state index contributed by atoms with van der Waals surface area (Å²) >= 11 is 0. The van der Waals surface area contributed by atoms with Gasteiger partial charge in [-0.15, -0.1) is 0 Å². The summed E-state index contributed by atoms with van der Waals surface area (Å²) in [5.41, 5.74) is 1.54. The van der Waals surface area contributed by atoms with Crippen LogP contribution in [0.15, 0.2) is 18.2 Å². The van der Waals surface area contributed by atoms with Crippen molar-refractivity contribution >= 4 is 9.84 Å². The first-order chi connectivity index (χ1) is 8.90. The normalized spacial score (nSPS) is 24.1. The summed E-state index contributed by atoms with van der Waals surface area (Å²) in [5.74, 6) is -0.155. The second-order valence-electron chi connectivity index (χ2n) is 5.24. The molecule has 2 rings (SSSR count). The zero-order chi connectivity index (χ0) is 14.0. The van der Waals surface area contributed by atoms with Gasteiger partial charge in [0.25, 0.3) is 0 Å². The smallest absolute Gasteiger partial charge is 0.155 e. The van der Waals surface area contributed by atoms with E-state index in [2.05, 4.69) is 0 Å². The summed E-state index contributed by atoms with van der Waals surface area (Å²) in [6.07, 6.45) is 1.39. The van der Waals surface area contributed by atoms with E-state index < -0.39 is 21.2 Å². The highest BCUT2D eigenvalue weighted by molar-refractivity contribution is 7.92. The van der Waals surface area contributed by atoms with Crippen LogP contribution < -0.4 is 0 Å². The van der Waals surface area contributed by atoms with Gasteiger partial charge in [0.05, 0.1) is 17.1 Å². The number of hydrogen-bond acceptors (Lipinski definition) is 3. The lowest BCUT2D eigenvalue weighted by Crippen LogP contribution is -2.39. The molecule has 106 valence electrons. The molecule has 5 heteroatoms. The number of hydrogen-bond donors (Lipinski definition) is 1. The van der Waals surface area contributed by atoms with E-state index in [0.717, 1.165) is 17.5 Å². The predicted octanol–water partition coefficient (Wildman–Crippen LogP) is 2.00. The quantitative estimate of drug-likeness (QED) is 0.924. The van der Waals surface area contributed by atoms with Gasteiger partial charge in [0, 0.05) is 0 Å². The molecule has 1 heterocycles. The minimum atomic E-state index is -3.19. The van der Waals surface area contributed by atoms with Crippen LogP contribution in [-0.4, -0.2) is 30.6 Å². The average molecular weight is 286 g/mol. The monoisotopic (exact) mass is 286 g/mol. The Kier molecular flexibility index (Phi) is 4.26. The van der Waals surface area contributed by atoms with E-state index in [4.69, 9.17) is 0 Å². The fourth-order valence-corrected chi connectivity index (χ4v) is 4.67. The first-order valence-electron chi connectivity index (χ1n) is 6.55. The van der Waals surface area contributed by atoms with Crippen molar-refractivity contribution in [3.8, 4) is 0 Å². The maximum Gasteiger partial charge on any atom is 0.155 e. The molecule has 1 aromatic rings. The Labute approximate surface area is 113 Å². The molecule has 0 amide bonds. The summed E-state index contributed by atoms with van der Waals surface area (Å²) in [5, 5.41) is 9.51. The van der Waals surface area contributed by atoms with Gasteiger partial charge in [0.15, 0.2) is 9.84 Å². The van der Waals surface area contributed by atoms with Gasteiger partial charge in [-0.05, 0) is 49.4 Å². The van der Waals surface area contributed by atoms with Crippen LogP contribution in [0.3, 0.4) is 0 Å². The lowest BCUT2D eigenvalue weighted by Gasteiger charge is -2.27. The third kappa shape index (κ3) is 3.34. The lowest BCUT2D eigenvalue weighted by molar-refractivity contribution is 0.161. The molecule has 0 aromatic heterocycles. The maximum absolute atomic E-state index is 13.0. The van der Waals surface area contributed by atoms with Crippen LogP contribution in [-0.2, 0) is 16.3 Å². The zero-order valence-corrected chi connectivity index (χ0v) is 11.8. The minimum absolute atomic E-state index is 0.164. The number of halogens is 1. The largest absolute Gasteiger partial charge is 0.391 e. The van der Waals surface area contributed by atoms with Crippen molar-refractivity contribution in [2.24, 2.45) is 0 Å². The summed E-state index contributed by atoms with van der Waals surface area (Å²) in [6, 6.07) is 4.35. The van der Waals surface area contributed by atoms with Gasteiger partial charge < -0.3 is 5.11 Å². The van der Waals surface area contributed by atoms with E-state index in [1.807, 2.05) is 0 Å². The number of rotatable bonds is 3. The standard InChI is InChI=1S/C14H19FO3S/c1-10-8-12(15)6-5-11(10)9-13(16)14-4-2-3-7-19(14,17)18/h5-6,8,13-14,16H,2-4,7,9H2,1H3. The van der Waals surface area contributed by atoms with Crippen molar-refractivity contribution in [3.63, 3.8) is 0 Å². The van der Waals surface area contributed by atoms with Gasteiger partial charge >= 0.3 is 0 Å². The minimum Gasteiger partial charge on any atom is -0.391 e. The first kappa shape index (κ1) is 14.5. The lowest BCUT2D eigenvalue weighted by atomic mass is 9.98. The van der Waals surface area contributed by atoms with Crippen LogP contribution in [0.25, 0.3) is 0 Å². The average Bonchev–Trinajstić information content (AvgIpc) is 2.32. The molecule has 1 aromatic carbocycles. The number of sulfone groups is 1. The van der Waals surface area contributed by atoms with Crippen molar-refractivity contribution in [3.05, 3.63) is 35.1 Å². The Morgan fingerprint density at radius 1 is 1.42 bits per heavy atom. The molecular weight excluding hydrogens is 267 g/mol. The number of benzene rings is 1. The Morgan fingerprint density at radius 3 is 2.79 bits per heavy atom. The van der Waals surface area contributed by atoms with Gasteiger partial charge in [-0.2, -0.15) is 0 Å². The number of aliphatic hydroxyl groups is 1. The van der Waals surface area contributed by atoms with E-state index in [-0.39, 0.29) is 18.0 Å². The second kappa shape index (κ2) is 5.59. The van der Waals surface area contributed by atoms with Gasteiger partial charge in [-0.25, -0.2) is 12.8 Å². The molecule has 1 aliphatic rings. The molecule has 1 fully saturated rings. The first-order valence-corrected chi connectivity index (χ1v) is 8.26. The van der Waals surface area contributed by atoms with E-state index >= 15 is 0 Å². The Morgan fingerprint density at radius 2 is 2.16 bits per heavy atom. The van der Waals surface area contributed by atoms with Crippen molar-refractivity contribution in [1.29, 1.82) is 0 Å². The molecule has 0 aliphatic carbocycles. The SMILES string of the molecule is Cc1cc(F)ccc1CC(O)C1CCCCS1(=O)=O. The van der Waals surface area contributed by atoms with Crippen molar-refractivity contribution in [2.45, 2.75) is 44.0 Å².